The fourth-order valence-electron chi connectivity index (χ4n) is 4.19. The standard InChI is InChI=1S/C16H19FN2O3/c1-15(2)8-16(14(21)22-3)9-19(7-12(15)16)13(20)11-5-4-10(17)6-18-11/h4-6,12H,7-9H2,1-3H3/t12-,16+/m1/s1. The zero-order valence-corrected chi connectivity index (χ0v) is 12.9. The molecule has 2 atom stereocenters. The van der Waals surface area contributed by atoms with Crippen LogP contribution in [-0.2, 0) is 9.53 Å². The molecule has 2 aliphatic rings. The third kappa shape index (κ3) is 2.01. The van der Waals surface area contributed by atoms with Gasteiger partial charge in [0, 0.05) is 13.1 Å². The normalized spacial score (nSPS) is 28.7. The molecule has 0 spiro atoms. The van der Waals surface area contributed by atoms with Gasteiger partial charge in [-0.25, -0.2) is 9.37 Å². The van der Waals surface area contributed by atoms with Crippen molar-refractivity contribution < 1.29 is 18.7 Å². The molecular formula is C16H19FN2O3. The molecule has 1 amide bonds. The smallest absolute Gasteiger partial charge is 0.314 e. The fourth-order valence-corrected chi connectivity index (χ4v) is 4.19. The highest BCUT2D eigenvalue weighted by Crippen LogP contribution is 2.63. The Kier molecular flexibility index (Phi) is 3.23. The van der Waals surface area contributed by atoms with Gasteiger partial charge in [0.25, 0.3) is 5.91 Å². The van der Waals surface area contributed by atoms with E-state index in [4.69, 9.17) is 4.74 Å². The van der Waals surface area contributed by atoms with Crippen LogP contribution in [-0.4, -0.2) is 42.0 Å². The summed E-state index contributed by atoms with van der Waals surface area (Å²) >= 11 is 0. The first-order valence-electron chi connectivity index (χ1n) is 7.29. The van der Waals surface area contributed by atoms with Gasteiger partial charge in [0.15, 0.2) is 0 Å². The van der Waals surface area contributed by atoms with Gasteiger partial charge in [0.2, 0.25) is 0 Å². The SMILES string of the molecule is COC(=O)[C@@]12CN(C(=O)c3ccc(F)cn3)C[C@@H]1C(C)(C)C2. The Morgan fingerprint density at radius 3 is 2.68 bits per heavy atom. The second-order valence-corrected chi connectivity index (χ2v) is 6.91. The largest absolute Gasteiger partial charge is 0.469 e. The molecule has 118 valence electrons. The summed E-state index contributed by atoms with van der Waals surface area (Å²) in [6.45, 7) is 5.04. The van der Waals surface area contributed by atoms with Gasteiger partial charge in [-0.3, -0.25) is 9.59 Å². The topological polar surface area (TPSA) is 59.5 Å². The summed E-state index contributed by atoms with van der Waals surface area (Å²) in [5.41, 5.74) is -0.409. The number of nitrogens with zero attached hydrogens (tertiary/aromatic N) is 2. The van der Waals surface area contributed by atoms with Crippen molar-refractivity contribution in [3.8, 4) is 0 Å². The van der Waals surface area contributed by atoms with E-state index in [9.17, 15) is 14.0 Å². The number of fused-ring (bicyclic) bond motifs is 1. The maximum atomic E-state index is 12.9. The number of ether oxygens (including phenoxy) is 1. The van der Waals surface area contributed by atoms with E-state index in [0.29, 0.717) is 19.5 Å². The van der Waals surface area contributed by atoms with Crippen molar-refractivity contribution in [1.82, 2.24) is 9.88 Å². The lowest BCUT2D eigenvalue weighted by molar-refractivity contribution is -0.174. The number of esters is 1. The zero-order chi connectivity index (χ0) is 16.1. The number of carbonyl (C=O) groups is 2. The predicted molar refractivity (Wildman–Crippen MR) is 76.4 cm³/mol. The van der Waals surface area contributed by atoms with E-state index in [-0.39, 0.29) is 28.9 Å². The molecule has 0 aromatic carbocycles. The maximum Gasteiger partial charge on any atom is 0.314 e. The summed E-state index contributed by atoms with van der Waals surface area (Å²) in [7, 11) is 1.38. The van der Waals surface area contributed by atoms with Crippen molar-refractivity contribution in [2.75, 3.05) is 20.2 Å². The van der Waals surface area contributed by atoms with Crippen LogP contribution in [0.25, 0.3) is 0 Å². The molecule has 2 fully saturated rings. The molecule has 2 heterocycles. The Morgan fingerprint density at radius 2 is 2.14 bits per heavy atom. The van der Waals surface area contributed by atoms with Crippen molar-refractivity contribution >= 4 is 11.9 Å². The minimum absolute atomic E-state index is 0.000551. The average Bonchev–Trinajstić information content (AvgIpc) is 2.82. The molecule has 5 nitrogen and oxygen atoms in total. The Balaban J connectivity index is 1.84. The molecule has 1 saturated carbocycles. The van der Waals surface area contributed by atoms with Gasteiger partial charge >= 0.3 is 5.97 Å². The highest BCUT2D eigenvalue weighted by molar-refractivity contribution is 5.93. The van der Waals surface area contributed by atoms with E-state index >= 15 is 0 Å². The Labute approximate surface area is 128 Å². The second kappa shape index (κ2) is 4.76. The highest BCUT2D eigenvalue weighted by atomic mass is 19.1. The van der Waals surface area contributed by atoms with Crippen LogP contribution in [0.1, 0.15) is 30.8 Å². The predicted octanol–water partition coefficient (Wildman–Crippen LogP) is 1.88. The van der Waals surface area contributed by atoms with Crippen LogP contribution < -0.4 is 0 Å². The first kappa shape index (κ1) is 14.9. The Morgan fingerprint density at radius 1 is 1.41 bits per heavy atom. The number of amides is 1. The molecule has 1 aromatic heterocycles. The number of aromatic nitrogens is 1. The molecule has 1 aliphatic carbocycles. The van der Waals surface area contributed by atoms with Crippen molar-refractivity contribution in [3.63, 3.8) is 0 Å². The van der Waals surface area contributed by atoms with E-state index < -0.39 is 11.2 Å². The molecule has 6 heteroatoms. The molecule has 22 heavy (non-hydrogen) atoms. The quantitative estimate of drug-likeness (QED) is 0.783. The van der Waals surface area contributed by atoms with Gasteiger partial charge in [0.05, 0.1) is 18.7 Å². The number of hydrogen-bond donors (Lipinski definition) is 0. The van der Waals surface area contributed by atoms with Gasteiger partial charge in [-0.1, -0.05) is 13.8 Å². The summed E-state index contributed by atoms with van der Waals surface area (Å²) in [6, 6.07) is 2.58. The van der Waals surface area contributed by atoms with Crippen molar-refractivity contribution in [1.29, 1.82) is 0 Å². The summed E-state index contributed by atoms with van der Waals surface area (Å²) in [5, 5.41) is 0. The first-order chi connectivity index (χ1) is 10.3. The molecule has 0 bridgehead atoms. The number of rotatable bonds is 2. The van der Waals surface area contributed by atoms with Gasteiger partial charge in [-0.15, -0.1) is 0 Å². The summed E-state index contributed by atoms with van der Waals surface area (Å²) < 4.78 is 17.9. The van der Waals surface area contributed by atoms with E-state index in [1.807, 2.05) is 0 Å². The molecule has 1 aromatic rings. The zero-order valence-electron chi connectivity index (χ0n) is 12.9. The summed E-state index contributed by atoms with van der Waals surface area (Å²) in [6.07, 6.45) is 1.73. The molecule has 3 rings (SSSR count). The van der Waals surface area contributed by atoms with Crippen molar-refractivity contribution in [2.45, 2.75) is 20.3 Å². The third-order valence-electron chi connectivity index (χ3n) is 5.08. The number of pyridine rings is 1. The van der Waals surface area contributed by atoms with E-state index in [2.05, 4.69) is 18.8 Å². The number of methoxy groups -OCH3 is 1. The van der Waals surface area contributed by atoms with Crippen LogP contribution in [0.15, 0.2) is 18.3 Å². The second-order valence-electron chi connectivity index (χ2n) is 6.91. The Bertz CT molecular complexity index is 629. The molecule has 0 unspecified atom stereocenters. The van der Waals surface area contributed by atoms with E-state index in [0.717, 1.165) is 6.20 Å². The molecule has 0 radical (unpaired) electrons. The third-order valence-corrected chi connectivity index (χ3v) is 5.08. The van der Waals surface area contributed by atoms with Crippen LogP contribution in [0.3, 0.4) is 0 Å². The van der Waals surface area contributed by atoms with Crippen molar-refractivity contribution in [3.05, 3.63) is 29.8 Å². The van der Waals surface area contributed by atoms with Crippen LogP contribution in [0.5, 0.6) is 0 Å². The van der Waals surface area contributed by atoms with E-state index in [1.54, 1.807) is 4.90 Å². The van der Waals surface area contributed by atoms with Gasteiger partial charge in [-0.05, 0) is 29.9 Å². The summed E-state index contributed by atoms with van der Waals surface area (Å²) in [4.78, 5) is 30.2. The van der Waals surface area contributed by atoms with Crippen molar-refractivity contribution in [2.24, 2.45) is 16.7 Å². The lowest BCUT2D eigenvalue weighted by atomic mass is 9.48. The fraction of sp³-hybridized carbons (Fsp3) is 0.562. The summed E-state index contributed by atoms with van der Waals surface area (Å²) in [5.74, 6) is -0.922. The molecule has 0 N–H and O–H groups in total. The van der Waals surface area contributed by atoms with Gasteiger partial charge in [0.1, 0.15) is 11.5 Å². The average molecular weight is 306 g/mol. The minimum Gasteiger partial charge on any atom is -0.469 e. The lowest BCUT2D eigenvalue weighted by Crippen LogP contribution is -2.57. The monoisotopic (exact) mass is 306 g/mol. The number of halogens is 1. The van der Waals surface area contributed by atoms with Crippen LogP contribution >= 0.6 is 0 Å². The van der Waals surface area contributed by atoms with Crippen LogP contribution in [0.4, 0.5) is 4.39 Å². The highest BCUT2D eigenvalue weighted by Gasteiger charge is 2.68. The van der Waals surface area contributed by atoms with Crippen LogP contribution in [0.2, 0.25) is 0 Å². The lowest BCUT2D eigenvalue weighted by Gasteiger charge is -2.54. The first-order valence-corrected chi connectivity index (χ1v) is 7.29. The number of carbonyl (C=O) groups excluding carboxylic acids is 2. The van der Waals surface area contributed by atoms with Gasteiger partial charge in [-0.2, -0.15) is 0 Å². The molecule has 1 saturated heterocycles. The van der Waals surface area contributed by atoms with E-state index in [1.165, 1.54) is 19.2 Å². The van der Waals surface area contributed by atoms with Gasteiger partial charge < -0.3 is 9.64 Å². The maximum absolute atomic E-state index is 12.9. The minimum atomic E-state index is -0.603. The number of hydrogen-bond acceptors (Lipinski definition) is 4. The van der Waals surface area contributed by atoms with Crippen LogP contribution in [0, 0.1) is 22.6 Å². The molecular weight excluding hydrogens is 287 g/mol. The Hall–Kier alpha value is -1.98. The number of likely N-dealkylation sites (tertiary alicyclic amines) is 1. The molecule has 1 aliphatic heterocycles.